The van der Waals surface area contributed by atoms with Gasteiger partial charge < -0.3 is 4.74 Å². The molecule has 0 aliphatic carbocycles. The molecule has 0 saturated heterocycles. The summed E-state index contributed by atoms with van der Waals surface area (Å²) in [4.78, 5) is 10.3. The van der Waals surface area contributed by atoms with Crippen LogP contribution in [0, 0.1) is 0 Å². The number of carbonyl (C=O) groups excluding carboxylic acids is 1. The third-order valence-electron chi connectivity index (χ3n) is 1.98. The molecule has 0 bridgehead atoms. The van der Waals surface area contributed by atoms with Crippen molar-refractivity contribution in [2.45, 2.75) is 11.1 Å². The van der Waals surface area contributed by atoms with E-state index in [1.165, 1.54) is 0 Å². The van der Waals surface area contributed by atoms with Crippen LogP contribution in [-0.2, 0) is 20.9 Å². The Labute approximate surface area is 100 Å². The van der Waals surface area contributed by atoms with Crippen molar-refractivity contribution in [2.75, 3.05) is 7.11 Å². The number of methoxy groups -OCH3 is 1. The molecule has 0 heterocycles. The average molecular weight is 283 g/mol. The van der Waals surface area contributed by atoms with Crippen molar-refractivity contribution in [3.8, 4) is 0 Å². The van der Waals surface area contributed by atoms with Gasteiger partial charge in [-0.3, -0.25) is 0 Å². The highest BCUT2D eigenvalue weighted by Crippen LogP contribution is 2.31. The molecule has 0 atom stereocenters. The van der Waals surface area contributed by atoms with E-state index < -0.39 is 38.2 Å². The Balaban J connectivity index is 3.54. The standard InChI is InChI=1S/C9H8F3NO4S/c1-17-8(14)5-2-6(9(10,11)12)4-7(3-5)18(13,15)16/h2-4H,1H3,(H2,13,15,16). The van der Waals surface area contributed by atoms with Crippen LogP contribution in [0.15, 0.2) is 23.1 Å². The third-order valence-corrected chi connectivity index (χ3v) is 2.88. The van der Waals surface area contributed by atoms with Crippen molar-refractivity contribution in [1.29, 1.82) is 0 Å². The quantitative estimate of drug-likeness (QED) is 0.824. The van der Waals surface area contributed by atoms with E-state index in [0.29, 0.717) is 12.1 Å². The fourth-order valence-corrected chi connectivity index (χ4v) is 1.75. The van der Waals surface area contributed by atoms with Gasteiger partial charge in [-0.2, -0.15) is 13.2 Å². The fraction of sp³-hybridized carbons (Fsp3) is 0.222. The van der Waals surface area contributed by atoms with Crippen LogP contribution in [0.5, 0.6) is 0 Å². The molecule has 5 nitrogen and oxygen atoms in total. The molecule has 0 amide bonds. The zero-order valence-electron chi connectivity index (χ0n) is 8.98. The van der Waals surface area contributed by atoms with Crippen molar-refractivity contribution in [2.24, 2.45) is 5.14 Å². The number of sulfonamides is 1. The minimum absolute atomic E-state index is 0.349. The monoisotopic (exact) mass is 283 g/mol. The van der Waals surface area contributed by atoms with Crippen LogP contribution in [0.4, 0.5) is 13.2 Å². The Hall–Kier alpha value is -1.61. The van der Waals surface area contributed by atoms with Crippen molar-refractivity contribution in [1.82, 2.24) is 0 Å². The summed E-state index contributed by atoms with van der Waals surface area (Å²) in [7, 11) is -3.40. The minimum Gasteiger partial charge on any atom is -0.465 e. The number of nitrogens with two attached hydrogens (primary N) is 1. The first-order valence-electron chi connectivity index (χ1n) is 4.39. The molecule has 1 rings (SSSR count). The van der Waals surface area contributed by atoms with Gasteiger partial charge >= 0.3 is 12.1 Å². The highest BCUT2D eigenvalue weighted by atomic mass is 32.2. The molecule has 0 aliphatic heterocycles. The Kier molecular flexibility index (Phi) is 3.67. The smallest absolute Gasteiger partial charge is 0.416 e. The number of hydrogen-bond acceptors (Lipinski definition) is 4. The maximum Gasteiger partial charge on any atom is 0.416 e. The van der Waals surface area contributed by atoms with E-state index in [2.05, 4.69) is 4.74 Å². The zero-order valence-corrected chi connectivity index (χ0v) is 9.80. The molecule has 100 valence electrons. The molecule has 0 spiro atoms. The molecule has 0 radical (unpaired) electrons. The van der Waals surface area contributed by atoms with Crippen LogP contribution < -0.4 is 5.14 Å². The molecular weight excluding hydrogens is 275 g/mol. The van der Waals surface area contributed by atoms with Gasteiger partial charge in [0.15, 0.2) is 0 Å². The number of hydrogen-bond donors (Lipinski definition) is 1. The Bertz CT molecular complexity index is 580. The second-order valence-electron chi connectivity index (χ2n) is 3.28. The molecule has 0 fully saturated rings. The number of rotatable bonds is 2. The summed E-state index contributed by atoms with van der Waals surface area (Å²) in [6, 6.07) is 1.55. The second-order valence-corrected chi connectivity index (χ2v) is 4.84. The predicted molar refractivity (Wildman–Crippen MR) is 54.2 cm³/mol. The lowest BCUT2D eigenvalue weighted by Crippen LogP contribution is -2.16. The van der Waals surface area contributed by atoms with Crippen LogP contribution in [0.3, 0.4) is 0 Å². The summed E-state index contributed by atoms with van der Waals surface area (Å²) in [6.07, 6.45) is -4.80. The average Bonchev–Trinajstić information content (AvgIpc) is 2.25. The van der Waals surface area contributed by atoms with E-state index in [9.17, 15) is 26.4 Å². The maximum absolute atomic E-state index is 12.5. The largest absolute Gasteiger partial charge is 0.465 e. The van der Waals surface area contributed by atoms with E-state index in [-0.39, 0.29) is 0 Å². The van der Waals surface area contributed by atoms with Crippen LogP contribution in [0.2, 0.25) is 0 Å². The Morgan fingerprint density at radius 1 is 1.28 bits per heavy atom. The van der Waals surface area contributed by atoms with Crippen LogP contribution >= 0.6 is 0 Å². The van der Waals surface area contributed by atoms with Crippen LogP contribution in [0.25, 0.3) is 0 Å². The van der Waals surface area contributed by atoms with E-state index in [1.807, 2.05) is 0 Å². The summed E-state index contributed by atoms with van der Waals surface area (Å²) in [5, 5.41) is 4.73. The van der Waals surface area contributed by atoms with E-state index in [1.54, 1.807) is 0 Å². The van der Waals surface area contributed by atoms with Gasteiger partial charge in [-0.15, -0.1) is 0 Å². The molecule has 9 heteroatoms. The minimum atomic E-state index is -4.80. The van der Waals surface area contributed by atoms with Gasteiger partial charge in [0.05, 0.1) is 23.1 Å². The second kappa shape index (κ2) is 4.58. The van der Waals surface area contributed by atoms with Gasteiger partial charge in [-0.1, -0.05) is 0 Å². The number of esters is 1. The van der Waals surface area contributed by atoms with Crippen molar-refractivity contribution in [3.05, 3.63) is 29.3 Å². The topological polar surface area (TPSA) is 86.5 Å². The van der Waals surface area contributed by atoms with Gasteiger partial charge in [0, 0.05) is 0 Å². The molecule has 0 unspecified atom stereocenters. The molecular formula is C9H8F3NO4S. The first-order chi connectivity index (χ1) is 8.05. The predicted octanol–water partition coefficient (Wildman–Crippen LogP) is 1.14. The van der Waals surface area contributed by atoms with Crippen LogP contribution in [0.1, 0.15) is 15.9 Å². The number of alkyl halides is 3. The number of halogens is 3. The third kappa shape index (κ3) is 3.20. The summed E-state index contributed by atoms with van der Waals surface area (Å²) < 4.78 is 63.8. The van der Waals surface area contributed by atoms with Crippen LogP contribution in [-0.4, -0.2) is 21.5 Å². The van der Waals surface area contributed by atoms with E-state index >= 15 is 0 Å². The SMILES string of the molecule is COC(=O)c1cc(C(F)(F)F)cc(S(N)(=O)=O)c1. The van der Waals surface area contributed by atoms with Crippen molar-refractivity contribution >= 4 is 16.0 Å². The first kappa shape index (κ1) is 14.5. The van der Waals surface area contributed by atoms with E-state index in [0.717, 1.165) is 13.2 Å². The first-order valence-corrected chi connectivity index (χ1v) is 5.93. The summed E-state index contributed by atoms with van der Waals surface area (Å²) in [5.74, 6) is -1.09. The lowest BCUT2D eigenvalue weighted by molar-refractivity contribution is -0.137. The fourth-order valence-electron chi connectivity index (χ4n) is 1.16. The lowest BCUT2D eigenvalue weighted by Gasteiger charge is -2.10. The molecule has 1 aromatic rings. The highest BCUT2D eigenvalue weighted by molar-refractivity contribution is 7.89. The Morgan fingerprint density at radius 3 is 2.22 bits per heavy atom. The lowest BCUT2D eigenvalue weighted by atomic mass is 10.1. The molecule has 1 aromatic carbocycles. The van der Waals surface area contributed by atoms with Gasteiger partial charge in [0.1, 0.15) is 0 Å². The van der Waals surface area contributed by atoms with Crippen molar-refractivity contribution < 1.29 is 31.1 Å². The molecule has 2 N–H and O–H groups in total. The van der Waals surface area contributed by atoms with Crippen molar-refractivity contribution in [3.63, 3.8) is 0 Å². The summed E-state index contributed by atoms with van der Waals surface area (Å²) in [6.45, 7) is 0. The number of ether oxygens (including phenoxy) is 1. The number of primary sulfonamides is 1. The highest BCUT2D eigenvalue weighted by Gasteiger charge is 2.33. The van der Waals surface area contributed by atoms with Gasteiger partial charge in [0.2, 0.25) is 10.0 Å². The summed E-state index contributed by atoms with van der Waals surface area (Å²) in [5.41, 5.74) is -1.84. The molecule has 0 aromatic heterocycles. The van der Waals surface area contributed by atoms with E-state index in [4.69, 9.17) is 5.14 Å². The normalized spacial score (nSPS) is 12.3. The molecule has 0 aliphatic rings. The Morgan fingerprint density at radius 2 is 1.83 bits per heavy atom. The van der Waals surface area contributed by atoms with Gasteiger partial charge in [0.25, 0.3) is 0 Å². The maximum atomic E-state index is 12.5. The molecule has 0 saturated carbocycles. The summed E-state index contributed by atoms with van der Waals surface area (Å²) >= 11 is 0. The van der Waals surface area contributed by atoms with Gasteiger partial charge in [-0.05, 0) is 18.2 Å². The van der Waals surface area contributed by atoms with Gasteiger partial charge in [-0.25, -0.2) is 18.4 Å². The molecule has 18 heavy (non-hydrogen) atoms. The number of benzene rings is 1. The number of carbonyl (C=O) groups is 1. The zero-order chi connectivity index (χ0) is 14.1.